The third-order valence-electron chi connectivity index (χ3n) is 6.57. The molecule has 1 aliphatic rings. The molecule has 0 radical (unpaired) electrons. The molecule has 0 saturated carbocycles. The summed E-state index contributed by atoms with van der Waals surface area (Å²) in [6, 6.07) is 12.9. The van der Waals surface area contributed by atoms with E-state index in [1.54, 1.807) is 19.2 Å². The third-order valence-corrected chi connectivity index (χ3v) is 6.57. The summed E-state index contributed by atoms with van der Waals surface area (Å²) < 4.78 is 57.0. The van der Waals surface area contributed by atoms with Crippen molar-refractivity contribution in [2.75, 3.05) is 20.8 Å². The predicted octanol–water partition coefficient (Wildman–Crippen LogP) is 5.49. The fraction of sp³-hybridized carbons (Fsp3) is 0.259. The summed E-state index contributed by atoms with van der Waals surface area (Å²) in [5.74, 6) is -0.209. The van der Waals surface area contributed by atoms with Crippen LogP contribution in [0.4, 0.5) is 13.2 Å². The molecule has 192 valence electrons. The molecule has 0 bridgehead atoms. The number of nitrogens with one attached hydrogen (secondary N) is 1. The molecule has 1 aliphatic heterocycles. The number of alkyl halides is 3. The molecule has 0 aliphatic carbocycles. The zero-order valence-corrected chi connectivity index (χ0v) is 20.0. The van der Waals surface area contributed by atoms with E-state index in [1.807, 2.05) is 12.1 Å². The molecule has 2 aromatic carbocycles. The first-order chi connectivity index (χ1) is 17.7. The summed E-state index contributed by atoms with van der Waals surface area (Å²) in [5.41, 5.74) is 1.49. The molecule has 1 atom stereocenters. The topological polar surface area (TPSA) is 84.8 Å². The van der Waals surface area contributed by atoms with E-state index in [-0.39, 0.29) is 23.6 Å². The predicted molar refractivity (Wildman–Crippen MR) is 128 cm³/mol. The summed E-state index contributed by atoms with van der Waals surface area (Å²) in [4.78, 5) is 29.8. The zero-order valence-electron chi connectivity index (χ0n) is 20.0. The van der Waals surface area contributed by atoms with E-state index in [2.05, 4.69) is 9.72 Å². The summed E-state index contributed by atoms with van der Waals surface area (Å²) in [6.07, 6.45) is -4.54. The standard InChI is InChI=1S/C27H23F3N2O5/c1-35-15-7-8-20-18(13-15)16-11-12-32(23(33)14-24(34)36-2)26(25(16)31-20)22-10-9-21(37-22)17-5-3-4-6-19(17)27(28,29)30/h3-10,13,26,31H,11-12,14H2,1-2H3. The van der Waals surface area contributed by atoms with Crippen LogP contribution in [-0.4, -0.2) is 42.5 Å². The van der Waals surface area contributed by atoms with Gasteiger partial charge >= 0.3 is 12.1 Å². The first-order valence-corrected chi connectivity index (χ1v) is 11.5. The van der Waals surface area contributed by atoms with Crippen LogP contribution in [0.25, 0.3) is 22.2 Å². The lowest BCUT2D eigenvalue weighted by atomic mass is 9.95. The molecular weight excluding hydrogens is 489 g/mol. The van der Waals surface area contributed by atoms with Crippen molar-refractivity contribution in [3.05, 3.63) is 77.2 Å². The largest absolute Gasteiger partial charge is 0.497 e. The normalized spacial score (nSPS) is 15.5. The lowest BCUT2D eigenvalue weighted by Crippen LogP contribution is -2.41. The number of ether oxygens (including phenoxy) is 2. The lowest BCUT2D eigenvalue weighted by molar-refractivity contribution is -0.147. The van der Waals surface area contributed by atoms with Gasteiger partial charge in [-0.05, 0) is 48.4 Å². The van der Waals surface area contributed by atoms with Gasteiger partial charge in [0.1, 0.15) is 29.7 Å². The number of nitrogens with zero attached hydrogens (tertiary/aromatic N) is 1. The van der Waals surface area contributed by atoms with Crippen LogP contribution in [0.3, 0.4) is 0 Å². The highest BCUT2D eigenvalue weighted by atomic mass is 19.4. The smallest absolute Gasteiger partial charge is 0.417 e. The van der Waals surface area contributed by atoms with Crippen molar-refractivity contribution in [3.63, 3.8) is 0 Å². The molecule has 1 unspecified atom stereocenters. The Morgan fingerprint density at radius 3 is 2.62 bits per heavy atom. The van der Waals surface area contributed by atoms with Gasteiger partial charge in [-0.15, -0.1) is 0 Å². The lowest BCUT2D eigenvalue weighted by Gasteiger charge is -2.34. The number of esters is 1. The van der Waals surface area contributed by atoms with Gasteiger partial charge in [-0.25, -0.2) is 0 Å². The van der Waals surface area contributed by atoms with Crippen LogP contribution < -0.4 is 4.74 Å². The molecule has 3 heterocycles. The van der Waals surface area contributed by atoms with Gasteiger partial charge in [0.15, 0.2) is 0 Å². The average molecular weight is 512 g/mol. The van der Waals surface area contributed by atoms with Gasteiger partial charge in [-0.2, -0.15) is 13.2 Å². The van der Waals surface area contributed by atoms with Crippen LogP contribution in [0.5, 0.6) is 5.75 Å². The second-order valence-electron chi connectivity index (χ2n) is 8.67. The number of carbonyl (C=O) groups is 2. The van der Waals surface area contributed by atoms with Crippen LogP contribution in [0, 0.1) is 0 Å². The molecule has 1 amide bonds. The quantitative estimate of drug-likeness (QED) is 0.282. The van der Waals surface area contributed by atoms with Crippen molar-refractivity contribution in [2.24, 2.45) is 0 Å². The fourth-order valence-corrected chi connectivity index (χ4v) is 4.85. The van der Waals surface area contributed by atoms with Gasteiger partial charge in [0, 0.05) is 23.0 Å². The van der Waals surface area contributed by atoms with Gasteiger partial charge in [-0.3, -0.25) is 9.59 Å². The average Bonchev–Trinajstić information content (AvgIpc) is 3.52. The first kappa shape index (κ1) is 24.5. The minimum Gasteiger partial charge on any atom is -0.497 e. The van der Waals surface area contributed by atoms with Crippen molar-refractivity contribution >= 4 is 22.8 Å². The monoisotopic (exact) mass is 512 g/mol. The number of halogens is 3. The second kappa shape index (κ2) is 9.34. The van der Waals surface area contributed by atoms with Crippen LogP contribution in [-0.2, 0) is 26.9 Å². The molecule has 4 aromatic rings. The number of fused-ring (bicyclic) bond motifs is 3. The van der Waals surface area contributed by atoms with E-state index in [4.69, 9.17) is 9.15 Å². The SMILES string of the molecule is COC(=O)CC(=O)N1CCc2c([nH]c3ccc(OC)cc23)C1c1ccc(-c2ccccc2C(F)(F)F)o1. The molecule has 5 rings (SSSR count). The number of aromatic amines is 1. The van der Waals surface area contributed by atoms with Crippen molar-refractivity contribution in [1.29, 1.82) is 0 Å². The second-order valence-corrected chi connectivity index (χ2v) is 8.67. The number of aromatic nitrogens is 1. The van der Waals surface area contributed by atoms with E-state index in [0.29, 0.717) is 17.9 Å². The number of H-pyrrole nitrogens is 1. The van der Waals surface area contributed by atoms with Crippen molar-refractivity contribution < 1.29 is 36.7 Å². The number of furan rings is 1. The number of amides is 1. The molecule has 2 aromatic heterocycles. The Balaban J connectivity index is 1.63. The Labute approximate surface area is 209 Å². The van der Waals surface area contributed by atoms with E-state index in [0.717, 1.165) is 22.5 Å². The van der Waals surface area contributed by atoms with Crippen LogP contribution in [0.2, 0.25) is 0 Å². The summed E-state index contributed by atoms with van der Waals surface area (Å²) >= 11 is 0. The van der Waals surface area contributed by atoms with Crippen LogP contribution in [0.1, 0.15) is 35.0 Å². The number of hydrogen-bond acceptors (Lipinski definition) is 5. The van der Waals surface area contributed by atoms with Gasteiger partial charge in [-0.1, -0.05) is 18.2 Å². The fourth-order valence-electron chi connectivity index (χ4n) is 4.85. The van der Waals surface area contributed by atoms with E-state index < -0.39 is 36.1 Å². The van der Waals surface area contributed by atoms with Gasteiger partial charge in [0.05, 0.1) is 25.5 Å². The molecular formula is C27H23F3N2O5. The number of methoxy groups -OCH3 is 2. The van der Waals surface area contributed by atoms with Crippen molar-refractivity contribution in [1.82, 2.24) is 9.88 Å². The van der Waals surface area contributed by atoms with Crippen LogP contribution in [0.15, 0.2) is 59.0 Å². The number of benzene rings is 2. The minimum atomic E-state index is -4.57. The first-order valence-electron chi connectivity index (χ1n) is 11.5. The van der Waals surface area contributed by atoms with E-state index >= 15 is 0 Å². The minimum absolute atomic E-state index is 0.0215. The molecule has 0 saturated heterocycles. The summed E-state index contributed by atoms with van der Waals surface area (Å²) in [5, 5.41) is 0.911. The molecule has 37 heavy (non-hydrogen) atoms. The van der Waals surface area contributed by atoms with Crippen LogP contribution >= 0.6 is 0 Å². The summed E-state index contributed by atoms with van der Waals surface area (Å²) in [6.45, 7) is 0.271. The third kappa shape index (κ3) is 4.43. The highest BCUT2D eigenvalue weighted by molar-refractivity contribution is 5.95. The van der Waals surface area contributed by atoms with E-state index in [9.17, 15) is 22.8 Å². The molecule has 7 nitrogen and oxygen atoms in total. The van der Waals surface area contributed by atoms with Crippen molar-refractivity contribution in [3.8, 4) is 17.1 Å². The molecule has 0 spiro atoms. The Bertz CT molecular complexity index is 1490. The maximum atomic E-state index is 13.6. The molecule has 0 fully saturated rings. The molecule has 10 heteroatoms. The maximum absolute atomic E-state index is 13.6. The zero-order chi connectivity index (χ0) is 26.3. The Morgan fingerprint density at radius 2 is 1.89 bits per heavy atom. The highest BCUT2D eigenvalue weighted by Crippen LogP contribution is 2.43. The Kier molecular flexibility index (Phi) is 6.18. The Morgan fingerprint density at radius 1 is 1.11 bits per heavy atom. The maximum Gasteiger partial charge on any atom is 0.417 e. The summed E-state index contributed by atoms with van der Waals surface area (Å²) in [7, 11) is 2.77. The highest BCUT2D eigenvalue weighted by Gasteiger charge is 2.38. The number of carbonyl (C=O) groups excluding carboxylic acids is 2. The Hall–Kier alpha value is -4.21. The van der Waals surface area contributed by atoms with E-state index in [1.165, 1.54) is 36.3 Å². The van der Waals surface area contributed by atoms with Gasteiger partial charge < -0.3 is 23.8 Å². The van der Waals surface area contributed by atoms with Crippen molar-refractivity contribution in [2.45, 2.75) is 25.1 Å². The van der Waals surface area contributed by atoms with Gasteiger partial charge in [0.2, 0.25) is 5.91 Å². The number of hydrogen-bond donors (Lipinski definition) is 1. The molecule has 1 N–H and O–H groups in total. The van der Waals surface area contributed by atoms with Gasteiger partial charge in [0.25, 0.3) is 0 Å². The number of rotatable bonds is 5.